The molecule has 8 heteroatoms. The molecule has 0 aromatic heterocycles. The number of rotatable bonds is 6. The van der Waals surface area contributed by atoms with E-state index in [0.29, 0.717) is 5.75 Å². The normalized spacial score (nSPS) is 15.1. The average Bonchev–Trinajstić information content (AvgIpc) is 2.67. The molecule has 0 aliphatic carbocycles. The van der Waals surface area contributed by atoms with Gasteiger partial charge in [-0.05, 0) is 35.9 Å². The van der Waals surface area contributed by atoms with Crippen molar-refractivity contribution in [2.45, 2.75) is 11.4 Å². The first kappa shape index (κ1) is 19.0. The summed E-state index contributed by atoms with van der Waals surface area (Å²) in [6.07, 6.45) is 0. The number of benzene rings is 2. The van der Waals surface area contributed by atoms with Crippen LogP contribution in [0.2, 0.25) is 5.02 Å². The highest BCUT2D eigenvalue weighted by molar-refractivity contribution is 7.89. The van der Waals surface area contributed by atoms with E-state index in [1.165, 1.54) is 25.3 Å². The van der Waals surface area contributed by atoms with Crippen LogP contribution in [0.25, 0.3) is 0 Å². The summed E-state index contributed by atoms with van der Waals surface area (Å²) in [5.41, 5.74) is 1.99. The van der Waals surface area contributed by atoms with E-state index in [2.05, 4.69) is 9.62 Å². The predicted molar refractivity (Wildman–Crippen MR) is 102 cm³/mol. The molecule has 6 nitrogen and oxygen atoms in total. The number of methoxy groups -OCH3 is 1. The van der Waals surface area contributed by atoms with Gasteiger partial charge >= 0.3 is 0 Å². The van der Waals surface area contributed by atoms with E-state index >= 15 is 0 Å². The van der Waals surface area contributed by atoms with Crippen molar-refractivity contribution in [1.82, 2.24) is 4.72 Å². The summed E-state index contributed by atoms with van der Waals surface area (Å²) in [5.74, 6) is 0.435. The van der Waals surface area contributed by atoms with Crippen LogP contribution in [-0.2, 0) is 21.3 Å². The molecule has 0 saturated carbocycles. The maximum atomic E-state index is 12.4. The minimum Gasteiger partial charge on any atom is -0.495 e. The molecule has 1 N–H and O–H groups in total. The van der Waals surface area contributed by atoms with Gasteiger partial charge in [-0.1, -0.05) is 23.7 Å². The first-order valence-corrected chi connectivity index (χ1v) is 10.1. The lowest BCUT2D eigenvalue weighted by Gasteiger charge is -2.28. The Morgan fingerprint density at radius 2 is 1.85 bits per heavy atom. The molecule has 1 fully saturated rings. The van der Waals surface area contributed by atoms with Gasteiger partial charge in [0.1, 0.15) is 5.75 Å². The highest BCUT2D eigenvalue weighted by Gasteiger charge is 2.16. The Bertz CT molecular complexity index is 850. The Balaban J connectivity index is 1.65. The molecule has 1 saturated heterocycles. The van der Waals surface area contributed by atoms with E-state index in [9.17, 15) is 8.42 Å². The number of anilines is 1. The van der Waals surface area contributed by atoms with Gasteiger partial charge in [0.25, 0.3) is 0 Å². The summed E-state index contributed by atoms with van der Waals surface area (Å²) in [5, 5.41) is 0.255. The van der Waals surface area contributed by atoms with Crippen LogP contribution in [0.4, 0.5) is 5.69 Å². The standard InChI is InChI=1S/C18H21ClN2O4S/c1-24-18-7-6-16(12-17(18)19)26(22,23)20-13-14-2-4-15(5-3-14)21-8-10-25-11-9-21/h2-7,12,20H,8-11,13H2,1H3. The molecule has 0 radical (unpaired) electrons. The van der Waals surface area contributed by atoms with Gasteiger partial charge in [-0.3, -0.25) is 0 Å². The monoisotopic (exact) mass is 396 g/mol. The fraction of sp³-hybridized carbons (Fsp3) is 0.333. The molecule has 140 valence electrons. The molecule has 0 spiro atoms. The van der Waals surface area contributed by atoms with Crippen LogP contribution >= 0.6 is 11.6 Å². The van der Waals surface area contributed by atoms with Crippen LogP contribution in [0.15, 0.2) is 47.4 Å². The Hall–Kier alpha value is -1.80. The van der Waals surface area contributed by atoms with Gasteiger partial charge < -0.3 is 14.4 Å². The summed E-state index contributed by atoms with van der Waals surface area (Å²) in [6.45, 7) is 3.39. The summed E-state index contributed by atoms with van der Waals surface area (Å²) in [6, 6.07) is 12.2. The molecule has 2 aromatic carbocycles. The molecule has 2 aromatic rings. The van der Waals surface area contributed by atoms with Crippen molar-refractivity contribution in [1.29, 1.82) is 0 Å². The SMILES string of the molecule is COc1ccc(S(=O)(=O)NCc2ccc(N3CCOCC3)cc2)cc1Cl. The molecule has 26 heavy (non-hydrogen) atoms. The lowest BCUT2D eigenvalue weighted by Crippen LogP contribution is -2.36. The fourth-order valence-electron chi connectivity index (χ4n) is 2.72. The Labute approximate surface area is 158 Å². The minimum absolute atomic E-state index is 0.105. The molecule has 0 atom stereocenters. The number of hydrogen-bond acceptors (Lipinski definition) is 5. The zero-order chi connectivity index (χ0) is 18.6. The van der Waals surface area contributed by atoms with Gasteiger partial charge in [0.15, 0.2) is 0 Å². The number of hydrogen-bond donors (Lipinski definition) is 1. The van der Waals surface area contributed by atoms with Gasteiger partial charge in [-0.15, -0.1) is 0 Å². The van der Waals surface area contributed by atoms with Gasteiger partial charge in [-0.25, -0.2) is 13.1 Å². The average molecular weight is 397 g/mol. The third-order valence-electron chi connectivity index (χ3n) is 4.21. The molecular formula is C18H21ClN2O4S. The predicted octanol–water partition coefficient (Wildman–Crippen LogP) is 2.66. The maximum Gasteiger partial charge on any atom is 0.240 e. The second-order valence-electron chi connectivity index (χ2n) is 5.89. The second-order valence-corrected chi connectivity index (χ2v) is 8.06. The summed E-state index contributed by atoms with van der Waals surface area (Å²) >= 11 is 6.01. The first-order valence-electron chi connectivity index (χ1n) is 8.24. The third-order valence-corrected chi connectivity index (χ3v) is 5.91. The lowest BCUT2D eigenvalue weighted by atomic mass is 10.2. The smallest absolute Gasteiger partial charge is 0.240 e. The molecule has 0 amide bonds. The molecule has 1 aliphatic rings. The van der Waals surface area contributed by atoms with Crippen molar-refractivity contribution < 1.29 is 17.9 Å². The molecule has 0 bridgehead atoms. The Morgan fingerprint density at radius 1 is 1.15 bits per heavy atom. The van der Waals surface area contributed by atoms with Crippen LogP contribution in [0.3, 0.4) is 0 Å². The minimum atomic E-state index is -3.65. The van der Waals surface area contributed by atoms with E-state index in [0.717, 1.165) is 37.6 Å². The van der Waals surface area contributed by atoms with Crippen molar-refractivity contribution in [2.24, 2.45) is 0 Å². The van der Waals surface area contributed by atoms with Crippen LogP contribution < -0.4 is 14.4 Å². The van der Waals surface area contributed by atoms with E-state index < -0.39 is 10.0 Å². The van der Waals surface area contributed by atoms with Crippen LogP contribution in [0, 0.1) is 0 Å². The van der Waals surface area contributed by atoms with E-state index in [1.54, 1.807) is 0 Å². The van der Waals surface area contributed by atoms with Crippen molar-refractivity contribution in [3.05, 3.63) is 53.1 Å². The number of nitrogens with one attached hydrogen (secondary N) is 1. The molecule has 1 heterocycles. The van der Waals surface area contributed by atoms with Gasteiger partial charge in [0, 0.05) is 25.3 Å². The van der Waals surface area contributed by atoms with Gasteiger partial charge in [0.2, 0.25) is 10.0 Å². The molecule has 3 rings (SSSR count). The summed E-state index contributed by atoms with van der Waals surface area (Å²) in [4.78, 5) is 2.35. The van der Waals surface area contributed by atoms with E-state index in [1.807, 2.05) is 24.3 Å². The number of morpholine rings is 1. The Morgan fingerprint density at radius 3 is 2.46 bits per heavy atom. The van der Waals surface area contributed by atoms with Crippen LogP contribution in [0.1, 0.15) is 5.56 Å². The van der Waals surface area contributed by atoms with Crippen molar-refractivity contribution in [3.8, 4) is 5.75 Å². The number of halogens is 1. The number of sulfonamides is 1. The van der Waals surface area contributed by atoms with Crippen molar-refractivity contribution >= 4 is 27.3 Å². The molecule has 1 aliphatic heterocycles. The van der Waals surface area contributed by atoms with Gasteiger partial charge in [-0.2, -0.15) is 0 Å². The Kier molecular flexibility index (Phi) is 6.03. The topological polar surface area (TPSA) is 67.9 Å². The highest BCUT2D eigenvalue weighted by Crippen LogP contribution is 2.27. The van der Waals surface area contributed by atoms with Gasteiger partial charge in [0.05, 0.1) is 30.2 Å². The van der Waals surface area contributed by atoms with Crippen molar-refractivity contribution in [3.63, 3.8) is 0 Å². The summed E-state index contributed by atoms with van der Waals surface area (Å²) < 4.78 is 37.9. The largest absolute Gasteiger partial charge is 0.495 e. The second kappa shape index (κ2) is 8.26. The number of nitrogens with zero attached hydrogens (tertiary/aromatic N) is 1. The third kappa shape index (κ3) is 4.48. The molecule has 0 unspecified atom stereocenters. The van der Waals surface area contributed by atoms with E-state index in [-0.39, 0.29) is 16.5 Å². The van der Waals surface area contributed by atoms with Crippen LogP contribution in [0.5, 0.6) is 5.75 Å². The highest BCUT2D eigenvalue weighted by atomic mass is 35.5. The zero-order valence-electron chi connectivity index (χ0n) is 14.4. The first-order chi connectivity index (χ1) is 12.5. The number of ether oxygens (including phenoxy) is 2. The maximum absolute atomic E-state index is 12.4. The molecular weight excluding hydrogens is 376 g/mol. The zero-order valence-corrected chi connectivity index (χ0v) is 16.0. The van der Waals surface area contributed by atoms with Crippen LogP contribution in [-0.4, -0.2) is 41.8 Å². The summed E-state index contributed by atoms with van der Waals surface area (Å²) in [7, 11) is -2.17. The van der Waals surface area contributed by atoms with E-state index in [4.69, 9.17) is 21.1 Å². The van der Waals surface area contributed by atoms with Crippen molar-refractivity contribution in [2.75, 3.05) is 38.3 Å². The fourth-order valence-corrected chi connectivity index (χ4v) is 4.09. The quantitative estimate of drug-likeness (QED) is 0.813. The lowest BCUT2D eigenvalue weighted by molar-refractivity contribution is 0.122.